The van der Waals surface area contributed by atoms with E-state index in [0.717, 1.165) is 12.0 Å². The van der Waals surface area contributed by atoms with Gasteiger partial charge in [0.25, 0.3) is 0 Å². The molecule has 1 aromatic rings. The summed E-state index contributed by atoms with van der Waals surface area (Å²) >= 11 is 0. The highest BCUT2D eigenvalue weighted by Crippen LogP contribution is 2.22. The molecule has 2 nitrogen and oxygen atoms in total. The van der Waals surface area contributed by atoms with E-state index in [9.17, 15) is 4.79 Å². The Kier molecular flexibility index (Phi) is 15.4. The lowest BCUT2D eigenvalue weighted by molar-refractivity contribution is -0.123. The highest BCUT2D eigenvalue weighted by atomic mass is 16.1. The van der Waals surface area contributed by atoms with Crippen LogP contribution in [0.4, 0.5) is 0 Å². The number of unbranched alkanes of at least 4 members (excludes halogenated alkanes) is 11. The molecule has 0 heterocycles. The molecule has 0 aromatic heterocycles. The molecule has 0 fully saturated rings. The van der Waals surface area contributed by atoms with Crippen molar-refractivity contribution in [3.05, 3.63) is 48.0 Å². The van der Waals surface area contributed by atoms with E-state index in [1.165, 1.54) is 77.0 Å². The molecular weight excluding hydrogens is 354 g/mol. The maximum atomic E-state index is 12.7. The number of hydrogen-bond acceptors (Lipinski definition) is 2. The Bertz CT molecular complexity index is 535. The second-order valence-corrected chi connectivity index (χ2v) is 8.58. The largest absolute Gasteiger partial charge is 0.298 e. The highest BCUT2D eigenvalue weighted by molar-refractivity contribution is 5.85. The molecule has 1 unspecified atom stereocenters. The van der Waals surface area contributed by atoms with Crippen LogP contribution < -0.4 is 0 Å². The van der Waals surface area contributed by atoms with E-state index >= 15 is 0 Å². The molecular formula is C27H45NO. The SMILES string of the molecule is CCCCCCCC/C=C\CCCCCCCC(=O)C(c1ccccc1)N(C)C. The lowest BCUT2D eigenvalue weighted by atomic mass is 9.97. The fourth-order valence-corrected chi connectivity index (χ4v) is 3.91. The molecule has 0 saturated carbocycles. The van der Waals surface area contributed by atoms with Gasteiger partial charge in [-0.05, 0) is 51.8 Å². The van der Waals surface area contributed by atoms with Crippen LogP contribution in [0.5, 0.6) is 0 Å². The van der Waals surface area contributed by atoms with E-state index in [1.807, 2.05) is 37.2 Å². The Balaban J connectivity index is 2.02. The molecule has 1 atom stereocenters. The van der Waals surface area contributed by atoms with Gasteiger partial charge in [0.2, 0.25) is 0 Å². The summed E-state index contributed by atoms with van der Waals surface area (Å²) in [5, 5.41) is 0. The van der Waals surface area contributed by atoms with E-state index in [-0.39, 0.29) is 6.04 Å². The fraction of sp³-hybridized carbons (Fsp3) is 0.667. The van der Waals surface area contributed by atoms with E-state index < -0.39 is 0 Å². The number of Topliss-reactive ketones (excluding diaryl/α,β-unsaturated/α-hetero) is 1. The molecule has 1 rings (SSSR count). The number of carbonyl (C=O) groups is 1. The molecule has 0 radical (unpaired) electrons. The zero-order valence-electron chi connectivity index (χ0n) is 19.4. The second kappa shape index (κ2) is 17.4. The van der Waals surface area contributed by atoms with Gasteiger partial charge in [0.15, 0.2) is 5.78 Å². The summed E-state index contributed by atoms with van der Waals surface area (Å²) in [6, 6.07) is 10.0. The molecule has 0 amide bonds. The molecule has 0 aliphatic carbocycles. The Morgan fingerprint density at radius 3 is 1.86 bits per heavy atom. The molecule has 0 bridgehead atoms. The quantitative estimate of drug-likeness (QED) is 0.185. The predicted octanol–water partition coefficient (Wildman–Crippen LogP) is 7.90. The number of nitrogens with zero attached hydrogens (tertiary/aromatic N) is 1. The number of ketones is 1. The average Bonchev–Trinajstić information content (AvgIpc) is 2.71. The van der Waals surface area contributed by atoms with Crippen molar-refractivity contribution < 1.29 is 4.79 Å². The zero-order valence-corrected chi connectivity index (χ0v) is 19.4. The van der Waals surface area contributed by atoms with Gasteiger partial charge in [-0.2, -0.15) is 0 Å². The first kappa shape index (κ1) is 25.6. The number of likely N-dealkylation sites (N-methyl/N-ethyl adjacent to an activating group) is 1. The van der Waals surface area contributed by atoms with Gasteiger partial charge in [-0.3, -0.25) is 9.69 Å². The first-order chi connectivity index (χ1) is 14.2. The molecule has 2 heteroatoms. The van der Waals surface area contributed by atoms with E-state index in [0.29, 0.717) is 12.2 Å². The van der Waals surface area contributed by atoms with Crippen LogP contribution in [0.3, 0.4) is 0 Å². The van der Waals surface area contributed by atoms with Crippen molar-refractivity contribution in [1.29, 1.82) is 0 Å². The third-order valence-corrected chi connectivity index (χ3v) is 5.62. The van der Waals surface area contributed by atoms with Gasteiger partial charge in [-0.25, -0.2) is 0 Å². The molecule has 29 heavy (non-hydrogen) atoms. The van der Waals surface area contributed by atoms with Crippen LogP contribution in [0.25, 0.3) is 0 Å². The summed E-state index contributed by atoms with van der Waals surface area (Å²) < 4.78 is 0. The Labute approximate surface area is 180 Å². The van der Waals surface area contributed by atoms with E-state index in [2.05, 4.69) is 31.2 Å². The zero-order chi connectivity index (χ0) is 21.2. The normalized spacial score (nSPS) is 12.7. The highest BCUT2D eigenvalue weighted by Gasteiger charge is 2.21. The summed E-state index contributed by atoms with van der Waals surface area (Å²) in [6.07, 6.45) is 22.2. The third-order valence-electron chi connectivity index (χ3n) is 5.62. The Morgan fingerprint density at radius 1 is 0.793 bits per heavy atom. The lowest BCUT2D eigenvalue weighted by Crippen LogP contribution is -2.27. The number of allylic oxidation sites excluding steroid dienone is 2. The first-order valence-corrected chi connectivity index (χ1v) is 12.1. The summed E-state index contributed by atoms with van der Waals surface area (Å²) in [5.74, 6) is 0.346. The summed E-state index contributed by atoms with van der Waals surface area (Å²) in [6.45, 7) is 2.27. The van der Waals surface area contributed by atoms with Crippen molar-refractivity contribution in [3.63, 3.8) is 0 Å². The summed E-state index contributed by atoms with van der Waals surface area (Å²) in [4.78, 5) is 14.7. The minimum atomic E-state index is -0.104. The maximum absolute atomic E-state index is 12.7. The van der Waals surface area contributed by atoms with E-state index in [4.69, 9.17) is 0 Å². The molecule has 0 aliphatic rings. The van der Waals surface area contributed by atoms with Gasteiger partial charge in [0.05, 0.1) is 6.04 Å². The first-order valence-electron chi connectivity index (χ1n) is 12.1. The van der Waals surface area contributed by atoms with Crippen LogP contribution in [-0.2, 0) is 4.79 Å². The molecule has 164 valence electrons. The fourth-order valence-electron chi connectivity index (χ4n) is 3.91. The minimum Gasteiger partial charge on any atom is -0.298 e. The number of rotatable bonds is 18. The monoisotopic (exact) mass is 399 g/mol. The second-order valence-electron chi connectivity index (χ2n) is 8.58. The minimum absolute atomic E-state index is 0.104. The molecule has 0 N–H and O–H groups in total. The Hall–Kier alpha value is -1.41. The van der Waals surface area contributed by atoms with Gasteiger partial charge in [0.1, 0.15) is 0 Å². The predicted molar refractivity (Wildman–Crippen MR) is 127 cm³/mol. The van der Waals surface area contributed by atoms with Gasteiger partial charge in [-0.15, -0.1) is 0 Å². The standard InChI is InChI=1S/C27H45NO/c1-4-5-6-7-8-9-10-11-12-13-14-15-16-17-21-24-26(29)27(28(2)3)25-22-19-18-20-23-25/h11-12,18-20,22-23,27H,4-10,13-17,21,24H2,1-3H3/b12-11-. The lowest BCUT2D eigenvalue weighted by Gasteiger charge is -2.23. The molecule has 1 aromatic carbocycles. The van der Waals surface area contributed by atoms with Crippen molar-refractivity contribution in [2.45, 2.75) is 103 Å². The van der Waals surface area contributed by atoms with Gasteiger partial charge in [0, 0.05) is 6.42 Å². The van der Waals surface area contributed by atoms with Crippen LogP contribution in [-0.4, -0.2) is 24.8 Å². The average molecular weight is 400 g/mol. The molecule has 0 saturated heterocycles. The smallest absolute Gasteiger partial charge is 0.154 e. The van der Waals surface area contributed by atoms with Crippen LogP contribution in [0.15, 0.2) is 42.5 Å². The number of carbonyl (C=O) groups excluding carboxylic acids is 1. The molecule has 0 spiro atoms. The maximum Gasteiger partial charge on any atom is 0.154 e. The van der Waals surface area contributed by atoms with Gasteiger partial charge in [-0.1, -0.05) is 101 Å². The summed E-state index contributed by atoms with van der Waals surface area (Å²) in [7, 11) is 3.99. The van der Waals surface area contributed by atoms with Crippen molar-refractivity contribution in [2.75, 3.05) is 14.1 Å². The number of hydrogen-bond donors (Lipinski definition) is 0. The van der Waals surface area contributed by atoms with Gasteiger partial charge < -0.3 is 0 Å². The van der Waals surface area contributed by atoms with Crippen molar-refractivity contribution >= 4 is 5.78 Å². The van der Waals surface area contributed by atoms with E-state index in [1.54, 1.807) is 0 Å². The Morgan fingerprint density at radius 2 is 1.31 bits per heavy atom. The van der Waals surface area contributed by atoms with Crippen LogP contribution in [0, 0.1) is 0 Å². The topological polar surface area (TPSA) is 20.3 Å². The van der Waals surface area contributed by atoms with Gasteiger partial charge >= 0.3 is 0 Å². The van der Waals surface area contributed by atoms with Crippen LogP contribution in [0.1, 0.15) is 108 Å². The summed E-state index contributed by atoms with van der Waals surface area (Å²) in [5.41, 5.74) is 1.11. The van der Waals surface area contributed by atoms with Crippen molar-refractivity contribution in [1.82, 2.24) is 4.90 Å². The third kappa shape index (κ3) is 12.7. The van der Waals surface area contributed by atoms with Crippen molar-refractivity contribution in [2.24, 2.45) is 0 Å². The number of benzene rings is 1. The molecule has 0 aliphatic heterocycles. The van der Waals surface area contributed by atoms with Crippen LogP contribution in [0.2, 0.25) is 0 Å². The van der Waals surface area contributed by atoms with Crippen LogP contribution >= 0.6 is 0 Å². The van der Waals surface area contributed by atoms with Crippen molar-refractivity contribution in [3.8, 4) is 0 Å².